The van der Waals surface area contributed by atoms with E-state index in [9.17, 15) is 5.11 Å². The van der Waals surface area contributed by atoms with E-state index in [2.05, 4.69) is 74.4 Å². The molecule has 3 rings (SSSR count). The predicted octanol–water partition coefficient (Wildman–Crippen LogP) is 6.80. The molecule has 0 aromatic heterocycles. The van der Waals surface area contributed by atoms with Crippen molar-refractivity contribution in [2.45, 2.75) is 25.5 Å². The van der Waals surface area contributed by atoms with Crippen LogP contribution in [-0.4, -0.2) is 5.11 Å². The van der Waals surface area contributed by atoms with Crippen molar-refractivity contribution in [3.63, 3.8) is 0 Å². The van der Waals surface area contributed by atoms with Crippen LogP contribution in [0.5, 0.6) is 0 Å². The lowest BCUT2D eigenvalue weighted by atomic mass is 9.96. The Morgan fingerprint density at radius 2 is 1.42 bits per heavy atom. The lowest BCUT2D eigenvalue weighted by molar-refractivity contribution is 0.160. The number of aliphatic hydroxyl groups is 1. The van der Waals surface area contributed by atoms with E-state index >= 15 is 0 Å². The molecular formula is C22H21Br2NO. The first-order valence-electron chi connectivity index (χ1n) is 8.53. The Morgan fingerprint density at radius 3 is 2.00 bits per heavy atom. The number of aryl methyl sites for hydroxylation is 1. The first-order chi connectivity index (χ1) is 12.5. The van der Waals surface area contributed by atoms with E-state index < -0.39 is 6.10 Å². The van der Waals surface area contributed by atoms with Gasteiger partial charge in [0.2, 0.25) is 0 Å². The minimum Gasteiger partial charge on any atom is -0.388 e. The second-order valence-corrected chi connectivity index (χ2v) is 8.25. The highest BCUT2D eigenvalue weighted by atomic mass is 79.9. The molecule has 0 aliphatic carbocycles. The van der Waals surface area contributed by atoms with Crippen LogP contribution in [-0.2, 0) is 0 Å². The Hall–Kier alpha value is -1.62. The van der Waals surface area contributed by atoms with Gasteiger partial charge in [0.15, 0.2) is 0 Å². The molecule has 134 valence electrons. The fourth-order valence-corrected chi connectivity index (χ4v) is 3.48. The van der Waals surface area contributed by atoms with E-state index in [-0.39, 0.29) is 6.04 Å². The topological polar surface area (TPSA) is 32.3 Å². The van der Waals surface area contributed by atoms with Gasteiger partial charge in [-0.2, -0.15) is 0 Å². The molecule has 3 aromatic carbocycles. The van der Waals surface area contributed by atoms with E-state index in [1.54, 1.807) is 0 Å². The number of anilines is 1. The van der Waals surface area contributed by atoms with E-state index in [0.29, 0.717) is 6.42 Å². The molecule has 2 unspecified atom stereocenters. The zero-order valence-electron chi connectivity index (χ0n) is 14.5. The molecule has 4 heteroatoms. The molecule has 3 aromatic rings. The van der Waals surface area contributed by atoms with Crippen molar-refractivity contribution in [3.8, 4) is 0 Å². The standard InChI is InChI=1S/C22H21Br2NO/c1-15-3-2-4-20(13-15)25-21(16-5-9-18(23)10-6-16)14-22(26)17-7-11-19(24)12-8-17/h2-13,21-22,25-26H,14H2,1H3. The van der Waals surface area contributed by atoms with Gasteiger partial charge in [-0.05, 0) is 60.0 Å². The number of aliphatic hydroxyl groups excluding tert-OH is 1. The van der Waals surface area contributed by atoms with Gasteiger partial charge in [-0.15, -0.1) is 0 Å². The lowest BCUT2D eigenvalue weighted by Gasteiger charge is -2.24. The van der Waals surface area contributed by atoms with Crippen molar-refractivity contribution in [3.05, 3.63) is 98.4 Å². The number of benzene rings is 3. The Morgan fingerprint density at radius 1 is 0.846 bits per heavy atom. The second-order valence-electron chi connectivity index (χ2n) is 6.42. The van der Waals surface area contributed by atoms with Crippen molar-refractivity contribution < 1.29 is 5.11 Å². The molecule has 0 amide bonds. The maximum Gasteiger partial charge on any atom is 0.0813 e. The van der Waals surface area contributed by atoms with Gasteiger partial charge >= 0.3 is 0 Å². The number of hydrogen-bond donors (Lipinski definition) is 2. The van der Waals surface area contributed by atoms with Crippen LogP contribution in [0.4, 0.5) is 5.69 Å². The normalized spacial score (nSPS) is 13.2. The summed E-state index contributed by atoms with van der Waals surface area (Å²) in [4.78, 5) is 0. The summed E-state index contributed by atoms with van der Waals surface area (Å²) >= 11 is 6.93. The van der Waals surface area contributed by atoms with Gasteiger partial charge in [0.25, 0.3) is 0 Å². The summed E-state index contributed by atoms with van der Waals surface area (Å²) in [5.41, 5.74) is 4.33. The first-order valence-corrected chi connectivity index (χ1v) is 10.1. The monoisotopic (exact) mass is 473 g/mol. The molecule has 0 saturated carbocycles. The highest BCUT2D eigenvalue weighted by molar-refractivity contribution is 9.10. The van der Waals surface area contributed by atoms with Crippen molar-refractivity contribution in [2.24, 2.45) is 0 Å². The molecular weight excluding hydrogens is 454 g/mol. The maximum atomic E-state index is 10.8. The third kappa shape index (κ3) is 5.19. The minimum atomic E-state index is -0.547. The Balaban J connectivity index is 1.84. The van der Waals surface area contributed by atoms with E-state index in [0.717, 1.165) is 25.8 Å². The zero-order chi connectivity index (χ0) is 18.5. The average molecular weight is 475 g/mol. The highest BCUT2D eigenvalue weighted by Crippen LogP contribution is 2.31. The summed E-state index contributed by atoms with van der Waals surface area (Å²) < 4.78 is 2.06. The average Bonchev–Trinajstić information content (AvgIpc) is 2.62. The van der Waals surface area contributed by atoms with Gasteiger partial charge in [-0.25, -0.2) is 0 Å². The number of rotatable bonds is 6. The van der Waals surface area contributed by atoms with Crippen LogP contribution in [0.1, 0.15) is 35.3 Å². The van der Waals surface area contributed by atoms with Gasteiger partial charge < -0.3 is 10.4 Å². The van der Waals surface area contributed by atoms with Crippen molar-refractivity contribution in [1.82, 2.24) is 0 Å². The fourth-order valence-electron chi connectivity index (χ4n) is 2.95. The SMILES string of the molecule is Cc1cccc(NC(CC(O)c2ccc(Br)cc2)c2ccc(Br)cc2)c1. The Bertz CT molecular complexity index is 847. The third-order valence-electron chi connectivity index (χ3n) is 4.35. The molecule has 0 fully saturated rings. The molecule has 0 spiro atoms. The van der Waals surface area contributed by atoms with Crippen LogP contribution < -0.4 is 5.32 Å². The van der Waals surface area contributed by atoms with Crippen molar-refractivity contribution in [1.29, 1.82) is 0 Å². The number of hydrogen-bond acceptors (Lipinski definition) is 2. The van der Waals surface area contributed by atoms with Crippen LogP contribution in [0.2, 0.25) is 0 Å². The van der Waals surface area contributed by atoms with Gasteiger partial charge in [-0.1, -0.05) is 68.3 Å². The summed E-state index contributed by atoms with van der Waals surface area (Å²) in [5.74, 6) is 0. The molecule has 0 aliphatic heterocycles. The predicted molar refractivity (Wildman–Crippen MR) is 115 cm³/mol. The molecule has 0 heterocycles. The maximum absolute atomic E-state index is 10.8. The zero-order valence-corrected chi connectivity index (χ0v) is 17.7. The molecule has 0 bridgehead atoms. The summed E-state index contributed by atoms with van der Waals surface area (Å²) in [6.07, 6.45) is 0.0334. The summed E-state index contributed by atoms with van der Waals surface area (Å²) in [7, 11) is 0. The van der Waals surface area contributed by atoms with Crippen molar-refractivity contribution >= 4 is 37.5 Å². The summed E-state index contributed by atoms with van der Waals surface area (Å²) in [5, 5.41) is 14.3. The highest BCUT2D eigenvalue weighted by Gasteiger charge is 2.18. The van der Waals surface area contributed by atoms with Gasteiger partial charge in [-0.3, -0.25) is 0 Å². The van der Waals surface area contributed by atoms with E-state index in [1.165, 1.54) is 5.56 Å². The second kappa shape index (κ2) is 8.85. The third-order valence-corrected chi connectivity index (χ3v) is 5.40. The van der Waals surface area contributed by atoms with Crippen LogP contribution in [0, 0.1) is 6.92 Å². The molecule has 2 N–H and O–H groups in total. The Labute approximate surface area is 171 Å². The Kier molecular flexibility index (Phi) is 6.52. The van der Waals surface area contributed by atoms with Gasteiger partial charge in [0.05, 0.1) is 12.1 Å². The summed E-state index contributed by atoms with van der Waals surface area (Å²) in [6.45, 7) is 2.08. The molecule has 26 heavy (non-hydrogen) atoms. The minimum absolute atomic E-state index is 0.00328. The number of halogens is 2. The van der Waals surface area contributed by atoms with Crippen LogP contribution in [0.25, 0.3) is 0 Å². The fraction of sp³-hybridized carbons (Fsp3) is 0.182. The van der Waals surface area contributed by atoms with Crippen LogP contribution in [0.3, 0.4) is 0 Å². The van der Waals surface area contributed by atoms with E-state index in [1.807, 2.05) is 42.5 Å². The molecule has 2 nitrogen and oxygen atoms in total. The van der Waals surface area contributed by atoms with Crippen molar-refractivity contribution in [2.75, 3.05) is 5.32 Å². The quantitative estimate of drug-likeness (QED) is 0.411. The van der Waals surface area contributed by atoms with Gasteiger partial charge in [0.1, 0.15) is 0 Å². The van der Waals surface area contributed by atoms with Crippen LogP contribution in [0.15, 0.2) is 81.7 Å². The van der Waals surface area contributed by atoms with Crippen LogP contribution >= 0.6 is 31.9 Å². The largest absolute Gasteiger partial charge is 0.388 e. The molecule has 0 saturated heterocycles. The molecule has 0 radical (unpaired) electrons. The first kappa shape index (κ1) is 19.2. The van der Waals surface area contributed by atoms with E-state index in [4.69, 9.17) is 0 Å². The van der Waals surface area contributed by atoms with Gasteiger partial charge in [0, 0.05) is 21.1 Å². The number of nitrogens with one attached hydrogen (secondary N) is 1. The summed E-state index contributed by atoms with van der Waals surface area (Å²) in [6, 6.07) is 24.4. The smallest absolute Gasteiger partial charge is 0.0813 e. The molecule has 2 atom stereocenters. The molecule has 0 aliphatic rings. The lowest BCUT2D eigenvalue weighted by Crippen LogP contribution is -2.15.